The van der Waals surface area contributed by atoms with Gasteiger partial charge in [0.1, 0.15) is 12.1 Å². The summed E-state index contributed by atoms with van der Waals surface area (Å²) in [6.45, 7) is 0.442. The lowest BCUT2D eigenvalue weighted by atomic mass is 10.0. The largest absolute Gasteiger partial charge is 0.340 e. The van der Waals surface area contributed by atoms with Gasteiger partial charge in [0.25, 0.3) is 21.8 Å². The maximum Gasteiger partial charge on any atom is 0.284 e. The normalized spacial score (nSPS) is 16.5. The Labute approximate surface area is 238 Å². The predicted molar refractivity (Wildman–Crippen MR) is 155 cm³/mol. The summed E-state index contributed by atoms with van der Waals surface area (Å²) in [5, 5.41) is 6.98. The molecule has 2 heterocycles. The van der Waals surface area contributed by atoms with Gasteiger partial charge in [0.2, 0.25) is 0 Å². The molecule has 1 aliphatic heterocycles. The molecule has 1 unspecified atom stereocenters. The number of amides is 2. The second kappa shape index (κ2) is 12.4. The molecule has 1 fully saturated rings. The number of nitrogens with zero attached hydrogens (tertiary/aromatic N) is 2. The zero-order chi connectivity index (χ0) is 28.8. The van der Waals surface area contributed by atoms with Crippen molar-refractivity contribution < 1.29 is 22.8 Å². The number of carbonyl (C=O) groups is 3. The van der Waals surface area contributed by atoms with E-state index in [2.05, 4.69) is 15.6 Å². The van der Waals surface area contributed by atoms with Crippen LogP contribution in [-0.2, 0) is 26.0 Å². The lowest BCUT2D eigenvalue weighted by molar-refractivity contribution is -0.135. The minimum absolute atomic E-state index is 0.0174. The Morgan fingerprint density at radius 2 is 1.68 bits per heavy atom. The molecule has 1 aromatic heterocycles. The maximum atomic E-state index is 14.4. The summed E-state index contributed by atoms with van der Waals surface area (Å²) in [5.41, 5.74) is 1.07. The summed E-state index contributed by atoms with van der Waals surface area (Å²) in [4.78, 5) is 45.2. The summed E-state index contributed by atoms with van der Waals surface area (Å²) >= 11 is 0. The first kappa shape index (κ1) is 28.1. The number of hydrogen-bond donors (Lipinski definition) is 2. The van der Waals surface area contributed by atoms with E-state index in [-0.39, 0.29) is 24.4 Å². The Morgan fingerprint density at radius 1 is 0.951 bits per heavy atom. The van der Waals surface area contributed by atoms with Gasteiger partial charge in [-0.3, -0.25) is 14.4 Å². The van der Waals surface area contributed by atoms with Crippen LogP contribution in [0.5, 0.6) is 0 Å². The molecule has 210 valence electrons. The molecule has 0 bridgehead atoms. The zero-order valence-corrected chi connectivity index (χ0v) is 23.1. The summed E-state index contributed by atoms with van der Waals surface area (Å²) in [5.74, 6) is -1.84. The van der Waals surface area contributed by atoms with Gasteiger partial charge in [0.15, 0.2) is 10.8 Å². The monoisotopic (exact) mass is 570 g/mol. The number of nitrogens with one attached hydrogen (secondary N) is 2. The first-order valence-electron chi connectivity index (χ1n) is 13.4. The number of ketones is 1. The Morgan fingerprint density at radius 3 is 2.46 bits per heavy atom. The number of hydrogen-bond acceptors (Lipinski definition) is 7. The quantitative estimate of drug-likeness (QED) is 0.333. The minimum Gasteiger partial charge on any atom is -0.340 e. The maximum absolute atomic E-state index is 14.4. The summed E-state index contributed by atoms with van der Waals surface area (Å²) < 4.78 is 28.6. The van der Waals surface area contributed by atoms with Crippen molar-refractivity contribution in [1.82, 2.24) is 19.9 Å². The third-order valence-electron chi connectivity index (χ3n) is 7.08. The van der Waals surface area contributed by atoms with E-state index in [9.17, 15) is 22.8 Å². The highest BCUT2D eigenvalue weighted by Gasteiger charge is 2.43. The fourth-order valence-electron chi connectivity index (χ4n) is 5.06. The van der Waals surface area contributed by atoms with Crippen LogP contribution in [0.4, 0.5) is 0 Å². The topological polar surface area (TPSA) is 126 Å². The molecule has 2 amide bonds. The first-order valence-corrected chi connectivity index (χ1v) is 14.9. The molecular weight excluding hydrogens is 540 g/mol. The summed E-state index contributed by atoms with van der Waals surface area (Å²) in [6.07, 6.45) is 1.97. The number of sulfonamides is 1. The second-order valence-corrected chi connectivity index (χ2v) is 11.6. The van der Waals surface area contributed by atoms with Gasteiger partial charge < -0.3 is 10.6 Å². The van der Waals surface area contributed by atoms with Crippen LogP contribution in [0.3, 0.4) is 0 Å². The zero-order valence-electron chi connectivity index (χ0n) is 22.3. The van der Waals surface area contributed by atoms with Crippen molar-refractivity contribution in [3.8, 4) is 0 Å². The van der Waals surface area contributed by atoms with Crippen molar-refractivity contribution in [2.45, 2.75) is 36.4 Å². The third kappa shape index (κ3) is 6.18. The number of fused-ring (bicyclic) bond motifs is 1. The Bertz CT molecular complexity index is 1660. The number of carbonyl (C=O) groups excluding carboxylic acids is 3. The van der Waals surface area contributed by atoms with Gasteiger partial charge in [-0.1, -0.05) is 72.8 Å². The van der Waals surface area contributed by atoms with Crippen molar-refractivity contribution in [3.63, 3.8) is 0 Å². The van der Waals surface area contributed by atoms with Gasteiger partial charge in [-0.15, -0.1) is 0 Å². The van der Waals surface area contributed by atoms with Crippen LogP contribution in [0.2, 0.25) is 0 Å². The molecule has 9 nitrogen and oxygen atoms in total. The van der Waals surface area contributed by atoms with Crippen molar-refractivity contribution in [1.29, 1.82) is 0 Å². The number of rotatable bonds is 8. The lowest BCUT2D eigenvalue weighted by Gasteiger charge is -2.32. The molecule has 1 saturated heterocycles. The van der Waals surface area contributed by atoms with Crippen molar-refractivity contribution in [2.75, 3.05) is 13.1 Å². The van der Waals surface area contributed by atoms with E-state index in [4.69, 9.17) is 0 Å². The predicted octanol–water partition coefficient (Wildman–Crippen LogP) is 3.11. The number of aromatic nitrogens is 1. The fraction of sp³-hybridized carbons (Fsp3) is 0.226. The summed E-state index contributed by atoms with van der Waals surface area (Å²) in [7, 11) is -4.55. The Kier molecular flexibility index (Phi) is 8.51. The van der Waals surface area contributed by atoms with Crippen molar-refractivity contribution >= 4 is 38.4 Å². The summed E-state index contributed by atoms with van der Waals surface area (Å²) in [6, 6.07) is 23.5. The molecule has 41 heavy (non-hydrogen) atoms. The molecule has 10 heteroatoms. The SMILES string of the molecule is O=C(NC(Cc1ccccc1)C(=O)N([C@H]1CCCNCC1=O)S(=O)(=O)c1ccccn1)c1cccc2ccccc12. The molecule has 0 radical (unpaired) electrons. The highest BCUT2D eigenvalue weighted by Crippen LogP contribution is 2.24. The molecule has 0 saturated carbocycles. The average Bonchev–Trinajstić information content (AvgIpc) is 3.21. The van der Waals surface area contributed by atoms with E-state index in [1.54, 1.807) is 42.5 Å². The lowest BCUT2D eigenvalue weighted by Crippen LogP contribution is -2.57. The molecular formula is C31H30N4O5S. The van der Waals surface area contributed by atoms with Crippen LogP contribution in [-0.4, -0.2) is 60.5 Å². The van der Waals surface area contributed by atoms with Gasteiger partial charge in [-0.05, 0) is 53.9 Å². The van der Waals surface area contributed by atoms with Crippen LogP contribution >= 0.6 is 0 Å². The van der Waals surface area contributed by atoms with E-state index >= 15 is 0 Å². The van der Waals surface area contributed by atoms with Crippen molar-refractivity contribution in [2.24, 2.45) is 0 Å². The van der Waals surface area contributed by atoms with E-state index in [1.165, 1.54) is 18.3 Å². The number of Topliss-reactive ketones (excluding diaryl/α,β-unsaturated/α-hetero) is 1. The van der Waals surface area contributed by atoms with E-state index in [0.717, 1.165) is 5.39 Å². The molecule has 0 spiro atoms. The smallest absolute Gasteiger partial charge is 0.284 e. The highest BCUT2D eigenvalue weighted by molar-refractivity contribution is 7.89. The van der Waals surface area contributed by atoms with E-state index in [1.807, 2.05) is 36.4 Å². The highest BCUT2D eigenvalue weighted by atomic mass is 32.2. The Hall–Kier alpha value is -4.41. The fourth-order valence-corrected chi connectivity index (χ4v) is 6.63. The van der Waals surface area contributed by atoms with E-state index in [0.29, 0.717) is 33.8 Å². The Balaban J connectivity index is 1.58. The molecule has 1 aliphatic rings. The van der Waals surface area contributed by atoms with Gasteiger partial charge in [-0.25, -0.2) is 9.29 Å². The standard InChI is InChI=1S/C31H30N4O5S/c36-28-21-32-18-9-16-27(28)35(41(39,40)29-17-6-7-19-33-29)31(38)26(20-22-10-2-1-3-11-22)34-30(37)25-15-8-13-23-12-4-5-14-24(23)25/h1-8,10-15,17,19,26-27,32H,9,16,18,20-21H2,(H,34,37)/t26?,27-/m0/s1. The third-order valence-corrected chi connectivity index (χ3v) is 8.81. The van der Waals surface area contributed by atoms with Crippen LogP contribution in [0, 0.1) is 0 Å². The second-order valence-electron chi connectivity index (χ2n) is 9.85. The molecule has 5 rings (SSSR count). The van der Waals surface area contributed by atoms with Gasteiger partial charge in [0, 0.05) is 18.2 Å². The van der Waals surface area contributed by atoms with Crippen LogP contribution < -0.4 is 10.6 Å². The van der Waals surface area contributed by atoms with Gasteiger partial charge >= 0.3 is 0 Å². The van der Waals surface area contributed by atoms with Crippen LogP contribution in [0.15, 0.2) is 102 Å². The number of benzene rings is 3. The molecule has 4 aromatic rings. The van der Waals surface area contributed by atoms with Gasteiger partial charge in [-0.2, -0.15) is 8.42 Å². The van der Waals surface area contributed by atoms with Crippen LogP contribution in [0.1, 0.15) is 28.8 Å². The first-order chi connectivity index (χ1) is 19.9. The average molecular weight is 571 g/mol. The van der Waals surface area contributed by atoms with Crippen molar-refractivity contribution in [3.05, 3.63) is 108 Å². The van der Waals surface area contributed by atoms with Gasteiger partial charge in [0.05, 0.1) is 6.54 Å². The van der Waals surface area contributed by atoms with E-state index < -0.39 is 39.7 Å². The molecule has 2 N–H and O–H groups in total. The van der Waals surface area contributed by atoms with Crippen LogP contribution in [0.25, 0.3) is 10.8 Å². The molecule has 0 aliphatic carbocycles. The number of pyridine rings is 1. The molecule has 2 atom stereocenters. The molecule has 3 aromatic carbocycles. The minimum atomic E-state index is -4.55.